The molecule has 30 heavy (non-hydrogen) atoms. The van der Waals surface area contributed by atoms with Gasteiger partial charge in [-0.1, -0.05) is 36.4 Å². The number of hydrogen-bond donors (Lipinski definition) is 1. The minimum absolute atomic E-state index is 0.0781. The molecule has 0 bridgehead atoms. The first-order valence-electron chi connectivity index (χ1n) is 9.98. The predicted octanol–water partition coefficient (Wildman–Crippen LogP) is 4.38. The number of nitrogens with one attached hydrogen (secondary N) is 1. The number of rotatable bonds is 4. The largest absolute Gasteiger partial charge is 0.337 e. The van der Waals surface area contributed by atoms with Gasteiger partial charge in [-0.05, 0) is 48.7 Å². The van der Waals surface area contributed by atoms with Gasteiger partial charge in [0.25, 0.3) is 5.91 Å². The highest BCUT2D eigenvalue weighted by molar-refractivity contribution is 5.94. The van der Waals surface area contributed by atoms with E-state index in [-0.39, 0.29) is 23.5 Å². The van der Waals surface area contributed by atoms with Crippen molar-refractivity contribution in [3.63, 3.8) is 0 Å². The Kier molecular flexibility index (Phi) is 5.84. The molecule has 0 atom stereocenters. The van der Waals surface area contributed by atoms with Gasteiger partial charge in [0, 0.05) is 36.5 Å². The van der Waals surface area contributed by atoms with E-state index in [4.69, 9.17) is 0 Å². The quantitative estimate of drug-likeness (QED) is 0.703. The van der Waals surface area contributed by atoms with Crippen LogP contribution >= 0.6 is 0 Å². The lowest BCUT2D eigenvalue weighted by molar-refractivity contribution is -0.121. The Morgan fingerprint density at radius 2 is 1.73 bits per heavy atom. The Labute approximate surface area is 174 Å². The highest BCUT2D eigenvalue weighted by Crippen LogP contribution is 2.26. The van der Waals surface area contributed by atoms with E-state index in [9.17, 15) is 14.0 Å². The van der Waals surface area contributed by atoms with Gasteiger partial charge in [-0.3, -0.25) is 14.6 Å². The van der Waals surface area contributed by atoms with Gasteiger partial charge < -0.3 is 10.2 Å². The molecular formula is C24H22FN3O2. The number of aromatic nitrogens is 1. The second-order valence-electron chi connectivity index (χ2n) is 7.33. The maximum absolute atomic E-state index is 14.1. The number of piperidine rings is 1. The first-order chi connectivity index (χ1) is 14.6. The molecule has 2 amide bonds. The van der Waals surface area contributed by atoms with E-state index in [2.05, 4.69) is 10.3 Å². The van der Waals surface area contributed by atoms with Crippen LogP contribution in [-0.2, 0) is 4.79 Å². The van der Waals surface area contributed by atoms with Crippen LogP contribution < -0.4 is 5.32 Å². The molecule has 0 unspecified atom stereocenters. The summed E-state index contributed by atoms with van der Waals surface area (Å²) in [6.07, 6.45) is 2.79. The Balaban J connectivity index is 1.37. The van der Waals surface area contributed by atoms with E-state index in [1.165, 1.54) is 6.07 Å². The lowest BCUT2D eigenvalue weighted by Gasteiger charge is -2.31. The normalized spacial score (nSPS) is 14.4. The van der Waals surface area contributed by atoms with Crippen molar-refractivity contribution in [2.75, 3.05) is 18.4 Å². The molecule has 152 valence electrons. The molecule has 1 fully saturated rings. The molecule has 0 aliphatic carbocycles. The highest BCUT2D eigenvalue weighted by Gasteiger charge is 2.28. The summed E-state index contributed by atoms with van der Waals surface area (Å²) in [5.41, 5.74) is 2.26. The topological polar surface area (TPSA) is 62.3 Å². The van der Waals surface area contributed by atoms with Crippen LogP contribution in [0.3, 0.4) is 0 Å². The van der Waals surface area contributed by atoms with Crippen LogP contribution in [0, 0.1) is 11.7 Å². The summed E-state index contributed by atoms with van der Waals surface area (Å²) < 4.78 is 14.1. The van der Waals surface area contributed by atoms with Crippen molar-refractivity contribution in [2.24, 2.45) is 5.92 Å². The summed E-state index contributed by atoms with van der Waals surface area (Å²) >= 11 is 0. The molecule has 1 aromatic heterocycles. The summed E-state index contributed by atoms with van der Waals surface area (Å²) in [5.74, 6) is -0.654. The van der Waals surface area contributed by atoms with E-state index < -0.39 is 0 Å². The molecule has 3 aromatic rings. The monoisotopic (exact) mass is 403 g/mol. The number of carbonyl (C=O) groups is 2. The molecule has 0 spiro atoms. The number of amides is 2. The van der Waals surface area contributed by atoms with Gasteiger partial charge in [-0.15, -0.1) is 0 Å². The summed E-state index contributed by atoms with van der Waals surface area (Å²) in [6.45, 7) is 1.03. The fraction of sp³-hybridized carbons (Fsp3) is 0.208. The summed E-state index contributed by atoms with van der Waals surface area (Å²) in [4.78, 5) is 31.1. The van der Waals surface area contributed by atoms with Gasteiger partial charge in [0.15, 0.2) is 0 Å². The van der Waals surface area contributed by atoms with E-state index in [0.717, 1.165) is 0 Å². The summed E-state index contributed by atoms with van der Waals surface area (Å²) in [6, 6.07) is 19.0. The van der Waals surface area contributed by atoms with Crippen molar-refractivity contribution >= 4 is 17.5 Å². The predicted molar refractivity (Wildman–Crippen MR) is 113 cm³/mol. The van der Waals surface area contributed by atoms with Crippen LogP contribution in [0.4, 0.5) is 10.1 Å². The number of benzene rings is 2. The SMILES string of the molecule is O=C(Nc1cccc(-c2ccccc2F)c1)C1CCN(C(=O)c2ccccn2)CC1. The van der Waals surface area contributed by atoms with Crippen molar-refractivity contribution in [3.05, 3.63) is 84.4 Å². The zero-order chi connectivity index (χ0) is 20.9. The fourth-order valence-electron chi connectivity index (χ4n) is 3.70. The Morgan fingerprint density at radius 1 is 0.967 bits per heavy atom. The first kappa shape index (κ1) is 19.8. The number of anilines is 1. The molecule has 1 N–H and O–H groups in total. The van der Waals surface area contributed by atoms with Crippen molar-refractivity contribution in [1.29, 1.82) is 0 Å². The fourth-order valence-corrected chi connectivity index (χ4v) is 3.70. The van der Waals surface area contributed by atoms with E-state index in [1.807, 2.05) is 6.07 Å². The van der Waals surface area contributed by atoms with Crippen molar-refractivity contribution < 1.29 is 14.0 Å². The lowest BCUT2D eigenvalue weighted by Crippen LogP contribution is -2.41. The minimum atomic E-state index is -0.300. The molecule has 0 saturated carbocycles. The third kappa shape index (κ3) is 4.38. The van der Waals surface area contributed by atoms with Crippen LogP contribution in [0.2, 0.25) is 0 Å². The summed E-state index contributed by atoms with van der Waals surface area (Å²) in [7, 11) is 0. The molecule has 6 heteroatoms. The van der Waals surface area contributed by atoms with Gasteiger partial charge in [0.2, 0.25) is 5.91 Å². The smallest absolute Gasteiger partial charge is 0.272 e. The van der Waals surface area contributed by atoms with Crippen LogP contribution in [0.5, 0.6) is 0 Å². The third-order valence-corrected chi connectivity index (χ3v) is 5.35. The zero-order valence-corrected chi connectivity index (χ0v) is 16.4. The van der Waals surface area contributed by atoms with E-state index >= 15 is 0 Å². The van der Waals surface area contributed by atoms with E-state index in [1.54, 1.807) is 65.7 Å². The van der Waals surface area contributed by atoms with Crippen LogP contribution in [0.15, 0.2) is 72.9 Å². The first-order valence-corrected chi connectivity index (χ1v) is 9.98. The standard InChI is InChI=1S/C24H22FN3O2/c25-21-9-2-1-8-20(21)18-6-5-7-19(16-18)27-23(29)17-11-14-28(15-12-17)24(30)22-10-3-4-13-26-22/h1-10,13,16-17H,11-12,14-15H2,(H,27,29). The molecule has 5 nitrogen and oxygen atoms in total. The molecular weight excluding hydrogens is 381 g/mol. The number of carbonyl (C=O) groups excluding carboxylic acids is 2. The average Bonchev–Trinajstić information content (AvgIpc) is 2.80. The summed E-state index contributed by atoms with van der Waals surface area (Å²) in [5, 5.41) is 2.94. The molecule has 0 radical (unpaired) electrons. The molecule has 4 rings (SSSR count). The maximum atomic E-state index is 14.1. The molecule has 1 saturated heterocycles. The third-order valence-electron chi connectivity index (χ3n) is 5.35. The highest BCUT2D eigenvalue weighted by atomic mass is 19.1. The Morgan fingerprint density at radius 3 is 2.47 bits per heavy atom. The number of likely N-dealkylation sites (tertiary alicyclic amines) is 1. The second kappa shape index (κ2) is 8.86. The minimum Gasteiger partial charge on any atom is -0.337 e. The Hall–Kier alpha value is -3.54. The number of hydrogen-bond acceptors (Lipinski definition) is 3. The molecule has 2 heterocycles. The van der Waals surface area contributed by atoms with Gasteiger partial charge in [-0.2, -0.15) is 0 Å². The van der Waals surface area contributed by atoms with Crippen molar-refractivity contribution in [3.8, 4) is 11.1 Å². The van der Waals surface area contributed by atoms with Crippen LogP contribution in [-0.4, -0.2) is 34.8 Å². The number of nitrogens with zero attached hydrogens (tertiary/aromatic N) is 2. The molecule has 1 aliphatic heterocycles. The Bertz CT molecular complexity index is 1050. The number of halogens is 1. The van der Waals surface area contributed by atoms with Crippen molar-refractivity contribution in [1.82, 2.24) is 9.88 Å². The maximum Gasteiger partial charge on any atom is 0.272 e. The van der Waals surface area contributed by atoms with Gasteiger partial charge >= 0.3 is 0 Å². The molecule has 1 aliphatic rings. The zero-order valence-electron chi connectivity index (χ0n) is 16.4. The number of pyridine rings is 1. The van der Waals surface area contributed by atoms with Gasteiger partial charge in [0.05, 0.1) is 0 Å². The second-order valence-corrected chi connectivity index (χ2v) is 7.33. The average molecular weight is 403 g/mol. The molecule has 2 aromatic carbocycles. The van der Waals surface area contributed by atoms with Gasteiger partial charge in [-0.25, -0.2) is 4.39 Å². The van der Waals surface area contributed by atoms with Crippen LogP contribution in [0.25, 0.3) is 11.1 Å². The van der Waals surface area contributed by atoms with E-state index in [0.29, 0.717) is 48.4 Å². The van der Waals surface area contributed by atoms with Crippen molar-refractivity contribution in [2.45, 2.75) is 12.8 Å². The lowest BCUT2D eigenvalue weighted by atomic mass is 9.95. The van der Waals surface area contributed by atoms with Crippen LogP contribution in [0.1, 0.15) is 23.3 Å². The van der Waals surface area contributed by atoms with Gasteiger partial charge in [0.1, 0.15) is 11.5 Å².